The van der Waals surface area contributed by atoms with E-state index in [0.29, 0.717) is 38.8 Å². The fraction of sp³-hybridized carbons (Fsp3) is 0.786. The second kappa shape index (κ2) is 33.9. The normalized spacial score (nSPS) is 11.6. The molecule has 1 unspecified atom stereocenters. The summed E-state index contributed by atoms with van der Waals surface area (Å²) in [5.74, 6) is -0.130. The molecule has 0 saturated carbocycles. The van der Waals surface area contributed by atoms with Crippen molar-refractivity contribution in [1.29, 1.82) is 0 Å². The molecule has 3 N–H and O–H groups in total. The maximum Gasteiger partial charge on any atom is 0.407 e. The third-order valence-electron chi connectivity index (χ3n) is 9.39. The van der Waals surface area contributed by atoms with Gasteiger partial charge in [-0.15, -0.1) is 0 Å². The number of rotatable bonds is 34. The molecular formula is C42H75N3O4. The smallest absolute Gasteiger partial charge is 0.407 e. The van der Waals surface area contributed by atoms with Gasteiger partial charge in [-0.1, -0.05) is 179 Å². The average Bonchev–Trinajstić information content (AvgIpc) is 3.11. The van der Waals surface area contributed by atoms with Gasteiger partial charge in [0.15, 0.2) is 0 Å². The third kappa shape index (κ3) is 28.9. The molecule has 1 aromatic carbocycles. The highest BCUT2D eigenvalue weighted by Crippen LogP contribution is 2.14. The van der Waals surface area contributed by atoms with Crippen LogP contribution < -0.4 is 16.0 Å². The number of carbonyl (C=O) groups excluding carboxylic acids is 3. The molecule has 3 amide bonds. The number of nitrogens with one attached hydrogen (secondary N) is 3. The highest BCUT2D eigenvalue weighted by molar-refractivity contribution is 5.87. The van der Waals surface area contributed by atoms with E-state index >= 15 is 0 Å². The third-order valence-corrected chi connectivity index (χ3v) is 9.39. The Balaban J connectivity index is 2.29. The number of benzene rings is 1. The Labute approximate surface area is 301 Å². The van der Waals surface area contributed by atoms with Crippen molar-refractivity contribution < 1.29 is 19.1 Å². The van der Waals surface area contributed by atoms with Crippen LogP contribution in [0.15, 0.2) is 30.3 Å². The van der Waals surface area contributed by atoms with Gasteiger partial charge in [0.2, 0.25) is 11.8 Å². The summed E-state index contributed by atoms with van der Waals surface area (Å²) >= 11 is 0. The largest absolute Gasteiger partial charge is 0.445 e. The summed E-state index contributed by atoms with van der Waals surface area (Å²) < 4.78 is 5.28. The van der Waals surface area contributed by atoms with Gasteiger partial charge in [-0.2, -0.15) is 0 Å². The molecule has 0 radical (unpaired) electrons. The average molecular weight is 686 g/mol. The zero-order chi connectivity index (χ0) is 35.5. The summed E-state index contributed by atoms with van der Waals surface area (Å²) in [6, 6.07) is 9.06. The SMILES string of the molecule is CCCCCCCCCCCCCCCC(=O)NC(CCCCNC(=O)OCc1ccccc1)C(=O)NCCCCCCCCCCCC. The molecule has 1 rings (SSSR count). The molecule has 0 bridgehead atoms. The Hall–Kier alpha value is -2.57. The lowest BCUT2D eigenvalue weighted by Crippen LogP contribution is -2.47. The van der Waals surface area contributed by atoms with Crippen LogP contribution in [0, 0.1) is 0 Å². The summed E-state index contributed by atoms with van der Waals surface area (Å²) in [5.41, 5.74) is 0.943. The second-order valence-electron chi connectivity index (χ2n) is 14.1. The zero-order valence-electron chi connectivity index (χ0n) is 31.8. The number of unbranched alkanes of at least 4 members (excludes halogenated alkanes) is 22. The Morgan fingerprint density at radius 2 is 1.00 bits per heavy atom. The summed E-state index contributed by atoms with van der Waals surface area (Å²) in [7, 11) is 0. The number of hydrogen-bond donors (Lipinski definition) is 3. The Morgan fingerprint density at radius 1 is 0.551 bits per heavy atom. The van der Waals surface area contributed by atoms with E-state index in [2.05, 4.69) is 29.8 Å². The van der Waals surface area contributed by atoms with Crippen molar-refractivity contribution in [3.63, 3.8) is 0 Å². The number of alkyl carbamates (subject to hydrolysis) is 1. The predicted molar refractivity (Wildman–Crippen MR) is 206 cm³/mol. The molecule has 7 heteroatoms. The zero-order valence-corrected chi connectivity index (χ0v) is 31.8. The summed E-state index contributed by atoms with van der Waals surface area (Å²) in [6.45, 7) is 5.87. The van der Waals surface area contributed by atoms with Gasteiger partial charge in [-0.3, -0.25) is 9.59 Å². The molecule has 0 aliphatic rings. The van der Waals surface area contributed by atoms with E-state index in [-0.39, 0.29) is 18.4 Å². The van der Waals surface area contributed by atoms with Crippen LogP contribution in [-0.2, 0) is 20.9 Å². The van der Waals surface area contributed by atoms with Gasteiger partial charge in [0.1, 0.15) is 12.6 Å². The van der Waals surface area contributed by atoms with Crippen LogP contribution in [-0.4, -0.2) is 37.0 Å². The van der Waals surface area contributed by atoms with Crippen LogP contribution >= 0.6 is 0 Å². The molecule has 0 heterocycles. The van der Waals surface area contributed by atoms with Gasteiger partial charge < -0.3 is 20.7 Å². The molecule has 1 atom stereocenters. The molecular weight excluding hydrogens is 610 g/mol. The minimum absolute atomic E-state index is 0.0372. The van der Waals surface area contributed by atoms with Crippen LogP contribution in [0.1, 0.15) is 193 Å². The minimum Gasteiger partial charge on any atom is -0.445 e. The van der Waals surface area contributed by atoms with Gasteiger partial charge >= 0.3 is 6.09 Å². The first-order chi connectivity index (χ1) is 24.1. The van der Waals surface area contributed by atoms with E-state index in [9.17, 15) is 14.4 Å². The van der Waals surface area contributed by atoms with Gasteiger partial charge in [0.05, 0.1) is 0 Å². The number of amides is 3. The van der Waals surface area contributed by atoms with E-state index in [0.717, 1.165) is 31.2 Å². The van der Waals surface area contributed by atoms with E-state index < -0.39 is 12.1 Å². The molecule has 7 nitrogen and oxygen atoms in total. The van der Waals surface area contributed by atoms with Crippen molar-refractivity contribution in [1.82, 2.24) is 16.0 Å². The van der Waals surface area contributed by atoms with Gasteiger partial charge in [0, 0.05) is 19.5 Å². The van der Waals surface area contributed by atoms with Crippen molar-refractivity contribution in [2.75, 3.05) is 13.1 Å². The monoisotopic (exact) mass is 686 g/mol. The minimum atomic E-state index is -0.539. The first kappa shape index (κ1) is 44.5. The fourth-order valence-electron chi connectivity index (χ4n) is 6.22. The standard InChI is InChI=1S/C42H75N3O4/c1-3-5-7-9-11-13-15-16-17-18-20-22-27-34-40(46)45-39(41(47)43-35-29-23-21-19-14-12-10-8-6-4-2)33-28-30-36-44-42(48)49-37-38-31-25-24-26-32-38/h24-26,31-32,39H,3-23,27-30,33-37H2,1-2H3,(H,43,47)(H,44,48)(H,45,46). The summed E-state index contributed by atoms with van der Waals surface area (Å²) in [6.07, 6.45) is 31.1. The number of carbonyl (C=O) groups is 3. The summed E-state index contributed by atoms with van der Waals surface area (Å²) in [5, 5.41) is 8.89. The highest BCUT2D eigenvalue weighted by Gasteiger charge is 2.20. The topological polar surface area (TPSA) is 96.5 Å². The molecule has 0 aliphatic carbocycles. The van der Waals surface area contributed by atoms with Crippen molar-refractivity contribution in [3.8, 4) is 0 Å². The molecule has 0 fully saturated rings. The van der Waals surface area contributed by atoms with E-state index in [1.165, 1.54) is 122 Å². The van der Waals surface area contributed by atoms with Crippen LogP contribution in [0.25, 0.3) is 0 Å². The molecule has 0 spiro atoms. The first-order valence-corrected chi connectivity index (χ1v) is 20.6. The van der Waals surface area contributed by atoms with Crippen LogP contribution in [0.2, 0.25) is 0 Å². The first-order valence-electron chi connectivity index (χ1n) is 20.6. The number of ether oxygens (including phenoxy) is 1. The Morgan fingerprint density at radius 3 is 1.53 bits per heavy atom. The van der Waals surface area contributed by atoms with Crippen molar-refractivity contribution in [2.24, 2.45) is 0 Å². The second-order valence-corrected chi connectivity index (χ2v) is 14.1. The van der Waals surface area contributed by atoms with E-state index in [1.54, 1.807) is 0 Å². The molecule has 0 aliphatic heterocycles. The molecule has 282 valence electrons. The van der Waals surface area contributed by atoms with Gasteiger partial charge in [-0.05, 0) is 37.7 Å². The maximum absolute atomic E-state index is 13.1. The highest BCUT2D eigenvalue weighted by atomic mass is 16.5. The van der Waals surface area contributed by atoms with E-state index in [4.69, 9.17) is 4.74 Å². The molecule has 1 aromatic rings. The van der Waals surface area contributed by atoms with Gasteiger partial charge in [0.25, 0.3) is 0 Å². The van der Waals surface area contributed by atoms with Crippen LogP contribution in [0.3, 0.4) is 0 Å². The maximum atomic E-state index is 13.1. The van der Waals surface area contributed by atoms with Crippen molar-refractivity contribution in [3.05, 3.63) is 35.9 Å². The molecule has 0 saturated heterocycles. The van der Waals surface area contributed by atoms with Crippen molar-refractivity contribution in [2.45, 2.75) is 200 Å². The molecule has 0 aromatic heterocycles. The lowest BCUT2D eigenvalue weighted by atomic mass is 10.0. The Bertz CT molecular complexity index is 910. The van der Waals surface area contributed by atoms with Crippen molar-refractivity contribution >= 4 is 17.9 Å². The number of hydrogen-bond acceptors (Lipinski definition) is 4. The van der Waals surface area contributed by atoms with Gasteiger partial charge in [-0.25, -0.2) is 4.79 Å². The van der Waals surface area contributed by atoms with Crippen LogP contribution in [0.4, 0.5) is 4.79 Å². The summed E-state index contributed by atoms with van der Waals surface area (Å²) in [4.78, 5) is 38.0. The Kier molecular flexibility index (Phi) is 30.8. The van der Waals surface area contributed by atoms with E-state index in [1.807, 2.05) is 30.3 Å². The molecule has 49 heavy (non-hydrogen) atoms. The predicted octanol–water partition coefficient (Wildman–Crippen LogP) is 11.1. The lowest BCUT2D eigenvalue weighted by molar-refractivity contribution is -0.129. The lowest BCUT2D eigenvalue weighted by Gasteiger charge is -2.19. The van der Waals surface area contributed by atoms with Crippen LogP contribution in [0.5, 0.6) is 0 Å². The fourth-order valence-corrected chi connectivity index (χ4v) is 6.22. The quantitative estimate of drug-likeness (QED) is 0.0629.